The molecule has 0 aromatic heterocycles. The summed E-state index contributed by atoms with van der Waals surface area (Å²) in [6.45, 7) is 2.69. The molecule has 1 aliphatic heterocycles. The maximum absolute atomic E-state index is 12.3. The molecule has 6 heteroatoms. The molecule has 2 aliphatic rings. The van der Waals surface area contributed by atoms with Crippen LogP contribution in [0.25, 0.3) is 0 Å². The van der Waals surface area contributed by atoms with Crippen molar-refractivity contribution in [3.8, 4) is 0 Å². The third kappa shape index (κ3) is 3.50. The first kappa shape index (κ1) is 15.5. The molecule has 3 rings (SSSR count). The number of hydrogen-bond acceptors (Lipinski definition) is 4. The van der Waals surface area contributed by atoms with Crippen molar-refractivity contribution in [1.29, 1.82) is 0 Å². The van der Waals surface area contributed by atoms with Gasteiger partial charge in [0.2, 0.25) is 5.91 Å². The second kappa shape index (κ2) is 6.01. The Balaban J connectivity index is 1.64. The maximum atomic E-state index is 12.3. The molecule has 120 valence electrons. The average molecular weight is 323 g/mol. The predicted octanol–water partition coefficient (Wildman–Crippen LogP) is 2.23. The number of nitrogens with one attached hydrogen (secondary N) is 1. The molecule has 0 unspecified atom stereocenters. The van der Waals surface area contributed by atoms with E-state index in [-0.39, 0.29) is 28.6 Å². The number of carbonyl (C=O) groups is 1. The fourth-order valence-corrected chi connectivity index (χ4v) is 4.28. The van der Waals surface area contributed by atoms with Gasteiger partial charge in [-0.1, -0.05) is 6.92 Å². The van der Waals surface area contributed by atoms with Crippen molar-refractivity contribution in [3.63, 3.8) is 0 Å². The average Bonchev–Trinajstić information content (AvgIpc) is 2.99. The second-order valence-electron chi connectivity index (χ2n) is 6.25. The van der Waals surface area contributed by atoms with Gasteiger partial charge in [-0.3, -0.25) is 4.79 Å². The first-order valence-corrected chi connectivity index (χ1v) is 9.36. The molecular formula is C16H21NO4S. The van der Waals surface area contributed by atoms with Gasteiger partial charge in [0.1, 0.15) is 0 Å². The van der Waals surface area contributed by atoms with Crippen LogP contribution in [0.5, 0.6) is 0 Å². The predicted molar refractivity (Wildman–Crippen MR) is 83.4 cm³/mol. The van der Waals surface area contributed by atoms with E-state index in [9.17, 15) is 13.2 Å². The summed E-state index contributed by atoms with van der Waals surface area (Å²) in [7, 11) is -3.34. The lowest BCUT2D eigenvalue weighted by Gasteiger charge is -2.11. The van der Waals surface area contributed by atoms with Gasteiger partial charge in [-0.2, -0.15) is 0 Å². The van der Waals surface area contributed by atoms with Crippen LogP contribution >= 0.6 is 0 Å². The Morgan fingerprint density at radius 3 is 2.55 bits per heavy atom. The number of hydrogen-bond donors (Lipinski definition) is 1. The zero-order valence-corrected chi connectivity index (χ0v) is 13.4. The Labute approximate surface area is 131 Å². The summed E-state index contributed by atoms with van der Waals surface area (Å²) in [5.41, 5.74) is 0.639. The van der Waals surface area contributed by atoms with Crippen LogP contribution in [-0.4, -0.2) is 32.8 Å². The molecule has 1 heterocycles. The standard InChI is InChI=1S/C16H21NO4S/c1-11-9-15(11)16(18)17-12-4-6-14(7-5-12)22(19,20)10-13-3-2-8-21-13/h4-7,11,13,15H,2-3,8-10H2,1H3,(H,17,18)/t11-,13-,15+/m1/s1. The monoisotopic (exact) mass is 323 g/mol. The van der Waals surface area contributed by atoms with Gasteiger partial charge in [-0.25, -0.2) is 8.42 Å². The number of sulfone groups is 1. The summed E-state index contributed by atoms with van der Waals surface area (Å²) >= 11 is 0. The van der Waals surface area contributed by atoms with Crippen LogP contribution in [0.15, 0.2) is 29.2 Å². The van der Waals surface area contributed by atoms with Crippen LogP contribution in [0.3, 0.4) is 0 Å². The van der Waals surface area contributed by atoms with Crippen LogP contribution in [0.2, 0.25) is 0 Å². The van der Waals surface area contributed by atoms with Crippen LogP contribution in [0.1, 0.15) is 26.2 Å². The molecule has 1 N–H and O–H groups in total. The third-order valence-corrected chi connectivity index (χ3v) is 6.16. The van der Waals surface area contributed by atoms with E-state index in [0.29, 0.717) is 18.2 Å². The van der Waals surface area contributed by atoms with E-state index < -0.39 is 9.84 Å². The van der Waals surface area contributed by atoms with Crippen LogP contribution < -0.4 is 5.32 Å². The Kier molecular flexibility index (Phi) is 4.23. The van der Waals surface area contributed by atoms with Crippen molar-refractivity contribution in [1.82, 2.24) is 0 Å². The topological polar surface area (TPSA) is 72.5 Å². The molecule has 0 spiro atoms. The minimum Gasteiger partial charge on any atom is -0.377 e. The second-order valence-corrected chi connectivity index (χ2v) is 8.28. The molecule has 2 fully saturated rings. The third-order valence-electron chi connectivity index (χ3n) is 4.36. The lowest BCUT2D eigenvalue weighted by molar-refractivity contribution is -0.117. The largest absolute Gasteiger partial charge is 0.377 e. The normalized spacial score (nSPS) is 27.6. The van der Waals surface area contributed by atoms with Crippen LogP contribution in [0.4, 0.5) is 5.69 Å². The summed E-state index contributed by atoms with van der Waals surface area (Å²) in [6.07, 6.45) is 2.46. The van der Waals surface area contributed by atoms with Gasteiger partial charge < -0.3 is 10.1 Å². The van der Waals surface area contributed by atoms with Crippen molar-refractivity contribution in [2.75, 3.05) is 17.7 Å². The fraction of sp³-hybridized carbons (Fsp3) is 0.562. The highest BCUT2D eigenvalue weighted by Crippen LogP contribution is 2.38. The molecule has 1 saturated carbocycles. The van der Waals surface area contributed by atoms with Crippen molar-refractivity contribution in [3.05, 3.63) is 24.3 Å². The van der Waals surface area contributed by atoms with E-state index in [0.717, 1.165) is 19.3 Å². The zero-order chi connectivity index (χ0) is 15.7. The Bertz CT molecular complexity index is 647. The van der Waals surface area contributed by atoms with E-state index in [1.165, 1.54) is 0 Å². The van der Waals surface area contributed by atoms with E-state index in [4.69, 9.17) is 4.74 Å². The fourth-order valence-electron chi connectivity index (χ4n) is 2.78. The highest BCUT2D eigenvalue weighted by Gasteiger charge is 2.39. The summed E-state index contributed by atoms with van der Waals surface area (Å²) in [6, 6.07) is 6.40. The summed E-state index contributed by atoms with van der Waals surface area (Å²) in [5, 5.41) is 2.83. The van der Waals surface area contributed by atoms with Gasteiger partial charge >= 0.3 is 0 Å². The molecular weight excluding hydrogens is 302 g/mol. The molecule has 1 amide bonds. The molecule has 22 heavy (non-hydrogen) atoms. The van der Waals surface area contributed by atoms with Gasteiger partial charge in [0.15, 0.2) is 9.84 Å². The molecule has 0 bridgehead atoms. The quantitative estimate of drug-likeness (QED) is 0.902. The molecule has 3 atom stereocenters. The summed E-state index contributed by atoms with van der Waals surface area (Å²) in [5.74, 6) is 0.592. The van der Waals surface area contributed by atoms with Gasteiger partial charge in [0, 0.05) is 18.2 Å². The minimum atomic E-state index is -3.34. The lowest BCUT2D eigenvalue weighted by atomic mass is 10.3. The minimum absolute atomic E-state index is 0.0162. The smallest absolute Gasteiger partial charge is 0.227 e. The summed E-state index contributed by atoms with van der Waals surface area (Å²) < 4.78 is 30.0. The van der Waals surface area contributed by atoms with Crippen molar-refractivity contribution < 1.29 is 17.9 Å². The van der Waals surface area contributed by atoms with E-state index >= 15 is 0 Å². The van der Waals surface area contributed by atoms with E-state index in [1.807, 2.05) is 6.92 Å². The zero-order valence-electron chi connectivity index (χ0n) is 12.6. The number of amides is 1. The van der Waals surface area contributed by atoms with Crippen LogP contribution in [-0.2, 0) is 19.4 Å². The maximum Gasteiger partial charge on any atom is 0.227 e. The van der Waals surface area contributed by atoms with Crippen molar-refractivity contribution in [2.45, 2.75) is 37.2 Å². The number of benzene rings is 1. The first-order chi connectivity index (χ1) is 10.5. The van der Waals surface area contributed by atoms with Gasteiger partial charge in [-0.05, 0) is 49.4 Å². The molecule has 1 aromatic rings. The Hall–Kier alpha value is -1.40. The molecule has 1 saturated heterocycles. The lowest BCUT2D eigenvalue weighted by Crippen LogP contribution is -2.20. The molecule has 1 aliphatic carbocycles. The van der Waals surface area contributed by atoms with Crippen molar-refractivity contribution in [2.24, 2.45) is 11.8 Å². The first-order valence-electron chi connectivity index (χ1n) is 7.71. The number of anilines is 1. The van der Waals surface area contributed by atoms with Gasteiger partial charge in [-0.15, -0.1) is 0 Å². The number of ether oxygens (including phenoxy) is 1. The number of rotatable bonds is 5. The summed E-state index contributed by atoms with van der Waals surface area (Å²) in [4.78, 5) is 12.1. The van der Waals surface area contributed by atoms with Crippen molar-refractivity contribution >= 4 is 21.4 Å². The van der Waals surface area contributed by atoms with Gasteiger partial charge in [0.05, 0.1) is 16.8 Å². The highest BCUT2D eigenvalue weighted by atomic mass is 32.2. The van der Waals surface area contributed by atoms with Crippen LogP contribution in [0, 0.1) is 11.8 Å². The van der Waals surface area contributed by atoms with E-state index in [1.54, 1.807) is 24.3 Å². The Morgan fingerprint density at radius 2 is 2.00 bits per heavy atom. The molecule has 5 nitrogen and oxygen atoms in total. The van der Waals surface area contributed by atoms with Gasteiger partial charge in [0.25, 0.3) is 0 Å². The molecule has 1 aromatic carbocycles. The van der Waals surface area contributed by atoms with E-state index in [2.05, 4.69) is 5.32 Å². The highest BCUT2D eigenvalue weighted by molar-refractivity contribution is 7.91. The SMILES string of the molecule is C[C@@H]1C[C@@H]1C(=O)Nc1ccc(S(=O)(=O)C[C@H]2CCCO2)cc1. The number of carbonyl (C=O) groups excluding carboxylic acids is 1. The molecule has 0 radical (unpaired) electrons. The Morgan fingerprint density at radius 1 is 1.32 bits per heavy atom.